The number of benzene rings is 2. The van der Waals surface area contributed by atoms with Crippen LogP contribution in [0.25, 0.3) is 15.4 Å². The number of aromatic nitrogens is 2. The van der Waals surface area contributed by atoms with Gasteiger partial charge in [0.05, 0.1) is 4.88 Å². The second-order valence-electron chi connectivity index (χ2n) is 9.38. The molecule has 0 atom stereocenters. The summed E-state index contributed by atoms with van der Waals surface area (Å²) in [6, 6.07) is 10.4. The number of nitrogens with one attached hydrogen (secondary N) is 1. The summed E-state index contributed by atoms with van der Waals surface area (Å²) in [5.41, 5.74) is 2.20. The van der Waals surface area contributed by atoms with Gasteiger partial charge < -0.3 is 10.4 Å². The van der Waals surface area contributed by atoms with E-state index in [1.165, 1.54) is 16.9 Å². The number of fused-ring (bicyclic) bond motifs is 1. The van der Waals surface area contributed by atoms with Crippen LogP contribution in [-0.4, -0.2) is 26.4 Å². The van der Waals surface area contributed by atoms with Crippen LogP contribution < -0.4 is 5.32 Å². The van der Waals surface area contributed by atoms with Gasteiger partial charge in [-0.2, -0.15) is 0 Å². The molecule has 10 heteroatoms. The van der Waals surface area contributed by atoms with E-state index in [9.17, 15) is 18.4 Å². The molecule has 5 rings (SSSR count). The second kappa shape index (κ2) is 10.6. The normalized spacial score (nSPS) is 17.7. The Balaban J connectivity index is 1.22. The van der Waals surface area contributed by atoms with Gasteiger partial charge in [-0.15, -0.1) is 0 Å². The lowest BCUT2D eigenvalue weighted by molar-refractivity contribution is -0.138. The highest BCUT2D eigenvalue weighted by molar-refractivity contribution is 7.20. The van der Waals surface area contributed by atoms with Crippen molar-refractivity contribution in [3.63, 3.8) is 0 Å². The number of rotatable bonds is 7. The average molecular weight is 544 g/mol. The number of carboxylic acids is 1. The van der Waals surface area contributed by atoms with Gasteiger partial charge in [-0.1, -0.05) is 47.2 Å². The van der Waals surface area contributed by atoms with Crippen molar-refractivity contribution in [2.24, 2.45) is 5.92 Å². The number of amides is 1. The van der Waals surface area contributed by atoms with E-state index in [4.69, 9.17) is 16.7 Å². The lowest BCUT2D eigenvalue weighted by atomic mass is 9.77. The molecule has 0 unspecified atom stereocenters. The van der Waals surface area contributed by atoms with Crippen LogP contribution in [0.5, 0.6) is 0 Å². The molecule has 192 valence electrons. The van der Waals surface area contributed by atoms with Gasteiger partial charge in [0.1, 0.15) is 17.3 Å². The maximum atomic E-state index is 14.0. The third kappa shape index (κ3) is 5.67. The number of carbonyl (C=O) groups excluding carboxylic acids is 1. The molecular weight excluding hydrogens is 520 g/mol. The van der Waals surface area contributed by atoms with Gasteiger partial charge >= 0.3 is 5.97 Å². The van der Waals surface area contributed by atoms with Crippen molar-refractivity contribution in [1.29, 1.82) is 0 Å². The Labute approximate surface area is 220 Å². The number of nitrogens with zero attached hydrogens (tertiary/aromatic N) is 2. The van der Waals surface area contributed by atoms with Crippen molar-refractivity contribution < 1.29 is 23.5 Å². The minimum Gasteiger partial charge on any atom is -0.481 e. The molecule has 6 nitrogen and oxygen atoms in total. The number of carboxylic acid groups (broad SMARTS) is 1. The molecule has 4 aromatic rings. The molecule has 1 aliphatic carbocycles. The van der Waals surface area contributed by atoms with E-state index < -0.39 is 23.5 Å². The molecule has 2 aromatic carbocycles. The van der Waals surface area contributed by atoms with E-state index in [1.807, 2.05) is 6.20 Å². The summed E-state index contributed by atoms with van der Waals surface area (Å²) in [6.07, 6.45) is 7.64. The zero-order valence-electron chi connectivity index (χ0n) is 19.7. The maximum Gasteiger partial charge on any atom is 0.303 e. The summed E-state index contributed by atoms with van der Waals surface area (Å²) < 4.78 is 29.7. The molecule has 0 aliphatic heterocycles. The summed E-state index contributed by atoms with van der Waals surface area (Å²) >= 11 is 7.08. The standard InChI is InChI=1S/C27H24ClF2N3O3S/c28-19-10-21(29)20(22(30)11-19)12-31-26(36)23-13-33-14-24(37-27(33)32-23)18-7-5-17(6-8-18)16-3-1-15(2-4-16)9-25(34)35/h5-8,10-11,13-16H,1-4,9,12H2,(H,31,36)(H,34,35). The van der Waals surface area contributed by atoms with Gasteiger partial charge in [-0.3, -0.25) is 14.0 Å². The molecule has 1 aliphatic rings. The lowest BCUT2D eigenvalue weighted by Gasteiger charge is -2.28. The minimum atomic E-state index is -0.822. The molecule has 2 heterocycles. The molecule has 2 aromatic heterocycles. The average Bonchev–Trinajstić information content (AvgIpc) is 3.43. The van der Waals surface area contributed by atoms with E-state index in [1.54, 1.807) is 10.6 Å². The number of aliphatic carboxylic acids is 1. The topological polar surface area (TPSA) is 83.7 Å². The summed E-state index contributed by atoms with van der Waals surface area (Å²) in [4.78, 5) is 29.5. The number of hydrogen-bond donors (Lipinski definition) is 2. The third-order valence-corrected chi connectivity index (χ3v) is 8.16. The zero-order valence-corrected chi connectivity index (χ0v) is 21.3. The molecule has 0 spiro atoms. The Morgan fingerprint density at radius 3 is 2.38 bits per heavy atom. The molecule has 1 fully saturated rings. The first-order valence-electron chi connectivity index (χ1n) is 12.0. The number of hydrogen-bond acceptors (Lipinski definition) is 4. The SMILES string of the molecule is O=C(O)CC1CCC(c2ccc(-c3cn4cc(C(=O)NCc5c(F)cc(Cl)cc5F)nc4s3)cc2)CC1. The summed E-state index contributed by atoms with van der Waals surface area (Å²) in [7, 11) is 0. The Morgan fingerprint density at radius 2 is 1.76 bits per heavy atom. The van der Waals surface area contributed by atoms with E-state index in [0.29, 0.717) is 10.9 Å². The quantitative estimate of drug-likeness (QED) is 0.272. The van der Waals surface area contributed by atoms with Gasteiger partial charge in [0.15, 0.2) is 4.96 Å². The molecule has 0 saturated heterocycles. The largest absolute Gasteiger partial charge is 0.481 e. The number of carbonyl (C=O) groups is 2. The first kappa shape index (κ1) is 25.4. The summed E-state index contributed by atoms with van der Waals surface area (Å²) in [5.74, 6) is -2.16. The van der Waals surface area contributed by atoms with Crippen molar-refractivity contribution >= 4 is 39.8 Å². The van der Waals surface area contributed by atoms with Crippen LogP contribution in [-0.2, 0) is 11.3 Å². The monoisotopic (exact) mass is 543 g/mol. The highest BCUT2D eigenvalue weighted by Gasteiger charge is 2.24. The second-order valence-corrected chi connectivity index (χ2v) is 10.8. The molecule has 0 radical (unpaired) electrons. The third-order valence-electron chi connectivity index (χ3n) is 6.90. The van der Waals surface area contributed by atoms with Crippen LogP contribution in [0.3, 0.4) is 0 Å². The van der Waals surface area contributed by atoms with Crippen LogP contribution in [0.4, 0.5) is 8.78 Å². The van der Waals surface area contributed by atoms with Gasteiger partial charge in [0, 0.05) is 35.9 Å². The Bertz CT molecular complexity index is 1410. The summed E-state index contributed by atoms with van der Waals surface area (Å²) in [6.45, 7) is -0.322. The van der Waals surface area contributed by atoms with Gasteiger partial charge in [-0.05, 0) is 60.8 Å². The molecular formula is C27H24ClF2N3O3S. The van der Waals surface area contributed by atoms with Gasteiger partial charge in [0.25, 0.3) is 5.91 Å². The van der Waals surface area contributed by atoms with Crippen LogP contribution in [0.2, 0.25) is 5.02 Å². The predicted octanol–water partition coefficient (Wildman–Crippen LogP) is 6.67. The zero-order chi connectivity index (χ0) is 26.1. The first-order chi connectivity index (χ1) is 17.8. The fraction of sp³-hybridized carbons (Fsp3) is 0.296. The van der Waals surface area contributed by atoms with Crippen molar-refractivity contribution in [1.82, 2.24) is 14.7 Å². The number of halogens is 3. The summed E-state index contributed by atoms with van der Waals surface area (Å²) in [5, 5.41) is 11.5. The van der Waals surface area contributed by atoms with Crippen molar-refractivity contribution in [2.45, 2.75) is 44.6 Å². The lowest BCUT2D eigenvalue weighted by Crippen LogP contribution is -2.24. The molecule has 37 heavy (non-hydrogen) atoms. The van der Waals surface area contributed by atoms with Crippen LogP contribution >= 0.6 is 22.9 Å². The molecule has 2 N–H and O–H groups in total. The van der Waals surface area contributed by atoms with Gasteiger partial charge in [-0.25, -0.2) is 13.8 Å². The van der Waals surface area contributed by atoms with Crippen molar-refractivity contribution in [3.8, 4) is 10.4 Å². The fourth-order valence-corrected chi connectivity index (χ4v) is 6.07. The first-order valence-corrected chi connectivity index (χ1v) is 13.2. The van der Waals surface area contributed by atoms with E-state index >= 15 is 0 Å². The number of imidazole rings is 1. The highest BCUT2D eigenvalue weighted by Crippen LogP contribution is 2.38. The van der Waals surface area contributed by atoms with Crippen LogP contribution in [0.15, 0.2) is 48.8 Å². The van der Waals surface area contributed by atoms with E-state index in [2.05, 4.69) is 34.6 Å². The Kier molecular flexibility index (Phi) is 7.26. The van der Waals surface area contributed by atoms with Gasteiger partial charge in [0.2, 0.25) is 0 Å². The molecule has 1 amide bonds. The van der Waals surface area contributed by atoms with E-state index in [-0.39, 0.29) is 35.2 Å². The number of thiazole rings is 1. The van der Waals surface area contributed by atoms with Crippen molar-refractivity contribution in [3.05, 3.63) is 82.3 Å². The molecule has 0 bridgehead atoms. The molecule has 1 saturated carbocycles. The Hall–Kier alpha value is -3.30. The van der Waals surface area contributed by atoms with Crippen molar-refractivity contribution in [2.75, 3.05) is 0 Å². The Morgan fingerprint density at radius 1 is 1.08 bits per heavy atom. The smallest absolute Gasteiger partial charge is 0.303 e. The maximum absolute atomic E-state index is 14.0. The van der Waals surface area contributed by atoms with Crippen LogP contribution in [0, 0.1) is 17.6 Å². The van der Waals surface area contributed by atoms with E-state index in [0.717, 1.165) is 48.3 Å². The van der Waals surface area contributed by atoms with Crippen LogP contribution in [0.1, 0.15) is 59.6 Å². The highest BCUT2D eigenvalue weighted by atomic mass is 35.5. The minimum absolute atomic E-state index is 0.0510. The predicted molar refractivity (Wildman–Crippen MR) is 138 cm³/mol. The fourth-order valence-electron chi connectivity index (χ4n) is 4.91.